The number of aromatic nitrogens is 2. The van der Waals surface area contributed by atoms with E-state index in [-0.39, 0.29) is 5.75 Å². The van der Waals surface area contributed by atoms with Crippen LogP contribution < -0.4 is 4.74 Å². The number of pyridine rings is 1. The van der Waals surface area contributed by atoms with Gasteiger partial charge in [0.15, 0.2) is 0 Å². The topological polar surface area (TPSA) is 27.1 Å². The largest absolute Gasteiger partial charge is 0.573 e. The van der Waals surface area contributed by atoms with Gasteiger partial charge in [-0.25, -0.2) is 0 Å². The molecule has 0 aliphatic carbocycles. The molecule has 0 atom stereocenters. The zero-order valence-corrected chi connectivity index (χ0v) is 14.1. The van der Waals surface area contributed by atoms with Gasteiger partial charge >= 0.3 is 6.36 Å². The van der Waals surface area contributed by atoms with Crippen molar-refractivity contribution in [3.63, 3.8) is 0 Å². The predicted octanol–water partition coefficient (Wildman–Crippen LogP) is 5.69. The molecule has 0 N–H and O–H groups in total. The highest BCUT2D eigenvalue weighted by Crippen LogP contribution is 2.32. The molecule has 0 fully saturated rings. The average Bonchev–Trinajstić information content (AvgIpc) is 2.93. The van der Waals surface area contributed by atoms with Crippen molar-refractivity contribution in [3.05, 3.63) is 66.1 Å². The first-order valence-corrected chi connectivity index (χ1v) is 8.07. The number of rotatable bonds is 2. The van der Waals surface area contributed by atoms with Gasteiger partial charge in [-0.15, -0.1) is 13.2 Å². The van der Waals surface area contributed by atoms with Crippen molar-refractivity contribution in [1.29, 1.82) is 0 Å². The van der Waals surface area contributed by atoms with Gasteiger partial charge in [-0.3, -0.25) is 4.98 Å². The molecule has 3 nitrogen and oxygen atoms in total. The Balaban J connectivity index is 1.86. The quantitative estimate of drug-likeness (QED) is 0.461. The summed E-state index contributed by atoms with van der Waals surface area (Å²) in [5.74, 6) is -0.237. The molecule has 132 valence electrons. The maximum atomic E-state index is 12.3. The van der Waals surface area contributed by atoms with Crippen LogP contribution in [0, 0.1) is 13.8 Å². The number of ether oxygens (including phenoxy) is 1. The first kappa shape index (κ1) is 16.4. The molecule has 0 bridgehead atoms. The lowest BCUT2D eigenvalue weighted by molar-refractivity contribution is -0.274. The highest BCUT2D eigenvalue weighted by atomic mass is 19.4. The van der Waals surface area contributed by atoms with E-state index in [2.05, 4.69) is 9.72 Å². The number of nitrogens with zero attached hydrogens (tertiary/aromatic N) is 2. The smallest absolute Gasteiger partial charge is 0.406 e. The normalized spacial score (nSPS) is 12.0. The Morgan fingerprint density at radius 3 is 2.31 bits per heavy atom. The summed E-state index contributed by atoms with van der Waals surface area (Å²) in [6, 6.07) is 13.8. The van der Waals surface area contributed by atoms with E-state index in [4.69, 9.17) is 0 Å². The summed E-state index contributed by atoms with van der Waals surface area (Å²) >= 11 is 0. The second-order valence-electron chi connectivity index (χ2n) is 6.13. The number of aryl methyl sites for hydroxylation is 2. The minimum Gasteiger partial charge on any atom is -0.406 e. The molecule has 0 aliphatic rings. The number of fused-ring (bicyclic) bond motifs is 3. The van der Waals surface area contributed by atoms with Crippen LogP contribution in [0.4, 0.5) is 13.2 Å². The van der Waals surface area contributed by atoms with Crippen LogP contribution in [0.3, 0.4) is 0 Å². The Morgan fingerprint density at radius 2 is 1.62 bits per heavy atom. The summed E-state index contributed by atoms with van der Waals surface area (Å²) in [5, 5.41) is 3.17. The van der Waals surface area contributed by atoms with Crippen LogP contribution in [0.1, 0.15) is 11.4 Å². The van der Waals surface area contributed by atoms with E-state index < -0.39 is 6.36 Å². The molecule has 6 heteroatoms. The van der Waals surface area contributed by atoms with Crippen LogP contribution in [-0.2, 0) is 0 Å². The van der Waals surface area contributed by atoms with Crippen molar-refractivity contribution in [2.75, 3.05) is 0 Å². The number of halogens is 3. The number of hydrogen-bond acceptors (Lipinski definition) is 2. The maximum Gasteiger partial charge on any atom is 0.573 e. The Kier molecular flexibility index (Phi) is 3.64. The summed E-state index contributed by atoms with van der Waals surface area (Å²) in [6.07, 6.45) is -2.69. The van der Waals surface area contributed by atoms with E-state index in [0.29, 0.717) is 0 Å². The lowest BCUT2D eigenvalue weighted by Crippen LogP contribution is -2.17. The molecule has 0 saturated carbocycles. The molecule has 4 rings (SSSR count). The Labute approximate surface area is 147 Å². The molecule has 4 aromatic rings. The fourth-order valence-electron chi connectivity index (χ4n) is 3.38. The first-order valence-electron chi connectivity index (χ1n) is 8.07. The third-order valence-corrected chi connectivity index (χ3v) is 4.44. The van der Waals surface area contributed by atoms with Crippen LogP contribution >= 0.6 is 0 Å². The molecule has 0 saturated heterocycles. The van der Waals surface area contributed by atoms with Gasteiger partial charge in [-0.1, -0.05) is 18.2 Å². The molecule has 26 heavy (non-hydrogen) atoms. The molecule has 0 radical (unpaired) electrons. The van der Waals surface area contributed by atoms with Crippen LogP contribution in [-0.4, -0.2) is 15.9 Å². The van der Waals surface area contributed by atoms with E-state index in [9.17, 15) is 13.2 Å². The second-order valence-corrected chi connectivity index (χ2v) is 6.13. The van der Waals surface area contributed by atoms with Gasteiger partial charge in [-0.05, 0) is 44.2 Å². The van der Waals surface area contributed by atoms with Gasteiger partial charge in [0.1, 0.15) is 5.75 Å². The highest BCUT2D eigenvalue weighted by molar-refractivity contribution is 6.08. The SMILES string of the molecule is Cc1nc2ccccc2c2cn(-c3ccc(OC(F)(F)F)cc3)c(C)c12. The zero-order chi connectivity index (χ0) is 18.5. The summed E-state index contributed by atoms with van der Waals surface area (Å²) in [4.78, 5) is 4.67. The number of alkyl halides is 3. The van der Waals surface area contributed by atoms with Crippen molar-refractivity contribution in [1.82, 2.24) is 9.55 Å². The molecule has 0 unspecified atom stereocenters. The standard InChI is InChI=1S/C20H15F3N2O/c1-12-19-13(2)25(11-17(19)16-5-3-4-6-18(16)24-12)14-7-9-15(10-8-14)26-20(21,22)23/h3-11H,1-2H3. The lowest BCUT2D eigenvalue weighted by atomic mass is 10.1. The van der Waals surface area contributed by atoms with Gasteiger partial charge in [0.25, 0.3) is 0 Å². The van der Waals surface area contributed by atoms with E-state index in [0.717, 1.165) is 38.8 Å². The number of benzene rings is 2. The van der Waals surface area contributed by atoms with E-state index >= 15 is 0 Å². The van der Waals surface area contributed by atoms with Crippen LogP contribution in [0.5, 0.6) is 5.75 Å². The average molecular weight is 356 g/mol. The molecular formula is C20H15F3N2O. The molecule has 2 heterocycles. The van der Waals surface area contributed by atoms with E-state index in [1.165, 1.54) is 12.1 Å². The zero-order valence-electron chi connectivity index (χ0n) is 14.1. The fraction of sp³-hybridized carbons (Fsp3) is 0.150. The van der Waals surface area contributed by atoms with Crippen molar-refractivity contribution in [2.45, 2.75) is 20.2 Å². The lowest BCUT2D eigenvalue weighted by Gasteiger charge is -2.10. The summed E-state index contributed by atoms with van der Waals surface area (Å²) < 4.78 is 42.9. The van der Waals surface area contributed by atoms with Crippen molar-refractivity contribution in [2.24, 2.45) is 0 Å². The van der Waals surface area contributed by atoms with Gasteiger partial charge in [-0.2, -0.15) is 0 Å². The Bertz CT molecular complexity index is 1110. The summed E-state index contributed by atoms with van der Waals surface area (Å²) in [5.41, 5.74) is 3.59. The number of hydrogen-bond donors (Lipinski definition) is 0. The summed E-state index contributed by atoms with van der Waals surface area (Å²) in [7, 11) is 0. The molecule has 0 spiro atoms. The minimum absolute atomic E-state index is 0.237. The Hall–Kier alpha value is -3.02. The van der Waals surface area contributed by atoms with E-state index in [1.54, 1.807) is 12.1 Å². The number of para-hydroxylation sites is 1. The van der Waals surface area contributed by atoms with Crippen LogP contribution in [0.15, 0.2) is 54.7 Å². The molecule has 0 amide bonds. The predicted molar refractivity (Wildman–Crippen MR) is 94.7 cm³/mol. The first-order chi connectivity index (χ1) is 12.3. The fourth-order valence-corrected chi connectivity index (χ4v) is 3.38. The maximum absolute atomic E-state index is 12.3. The van der Waals surface area contributed by atoms with Gasteiger partial charge in [0.05, 0.1) is 5.52 Å². The van der Waals surface area contributed by atoms with Gasteiger partial charge in [0, 0.05) is 39.4 Å². The second kappa shape index (κ2) is 5.76. The third-order valence-electron chi connectivity index (χ3n) is 4.44. The Morgan fingerprint density at radius 1 is 0.923 bits per heavy atom. The van der Waals surface area contributed by atoms with Crippen molar-refractivity contribution >= 4 is 21.7 Å². The molecule has 0 aliphatic heterocycles. The highest BCUT2D eigenvalue weighted by Gasteiger charge is 2.31. The van der Waals surface area contributed by atoms with Crippen LogP contribution in [0.2, 0.25) is 0 Å². The minimum atomic E-state index is -4.69. The third kappa shape index (κ3) is 2.77. The van der Waals surface area contributed by atoms with Gasteiger partial charge in [0.2, 0.25) is 0 Å². The molecule has 2 aromatic carbocycles. The van der Waals surface area contributed by atoms with Gasteiger partial charge < -0.3 is 9.30 Å². The molecular weight excluding hydrogens is 341 g/mol. The monoisotopic (exact) mass is 356 g/mol. The van der Waals surface area contributed by atoms with Crippen molar-refractivity contribution in [3.8, 4) is 11.4 Å². The molecule has 2 aromatic heterocycles. The van der Waals surface area contributed by atoms with Crippen molar-refractivity contribution < 1.29 is 17.9 Å². The summed E-state index contributed by atoms with van der Waals surface area (Å²) in [6.45, 7) is 3.94. The van der Waals surface area contributed by atoms with Crippen LogP contribution in [0.25, 0.3) is 27.4 Å². The van der Waals surface area contributed by atoms with E-state index in [1.807, 2.05) is 48.9 Å².